The van der Waals surface area contributed by atoms with Gasteiger partial charge in [-0.3, -0.25) is 4.68 Å². The molecule has 0 unspecified atom stereocenters. The molecule has 1 aromatic carbocycles. The first-order valence-electron chi connectivity index (χ1n) is 7.18. The van der Waals surface area contributed by atoms with E-state index in [1.807, 2.05) is 29.1 Å². The van der Waals surface area contributed by atoms with Gasteiger partial charge in [-0.2, -0.15) is 10.1 Å². The second-order valence-corrected chi connectivity index (χ2v) is 5.19. The van der Waals surface area contributed by atoms with Crippen LogP contribution < -0.4 is 11.1 Å². The molecule has 0 saturated carbocycles. The van der Waals surface area contributed by atoms with Crippen molar-refractivity contribution >= 4 is 16.9 Å². The van der Waals surface area contributed by atoms with Crippen LogP contribution in [0.1, 0.15) is 6.04 Å². The summed E-state index contributed by atoms with van der Waals surface area (Å²) in [6.45, 7) is 2.51. The summed E-state index contributed by atoms with van der Waals surface area (Å²) < 4.78 is 12.4. The minimum Gasteiger partial charge on any atom is -0.377 e. The van der Waals surface area contributed by atoms with Crippen LogP contribution in [0.4, 0.5) is 6.01 Å². The number of nitrogens with zero attached hydrogens (tertiary/aromatic N) is 4. The molecule has 22 heavy (non-hydrogen) atoms. The Balaban J connectivity index is 1.67. The molecule has 0 atom stereocenters. The van der Waals surface area contributed by atoms with Crippen molar-refractivity contribution in [3.63, 3.8) is 0 Å². The van der Waals surface area contributed by atoms with E-state index >= 15 is 0 Å². The number of hydrogen-bond acceptors (Lipinski definition) is 7. The van der Waals surface area contributed by atoms with Crippen molar-refractivity contribution in [2.24, 2.45) is 5.73 Å². The minimum atomic E-state index is 0.305. The number of hydrogen-bond donors (Lipinski definition) is 2. The molecule has 0 amide bonds. The van der Waals surface area contributed by atoms with Crippen molar-refractivity contribution < 1.29 is 9.26 Å². The number of ether oxygens (including phenoxy) is 1. The van der Waals surface area contributed by atoms with Gasteiger partial charge in [0.15, 0.2) is 0 Å². The number of nitrogens with two attached hydrogens (primary N) is 1. The Labute approximate surface area is 126 Å². The standard InChI is InChI=1S/C14H16N6O2/c15-3-4-16-14-18-13(19-22-14)9-1-2-10-6-17-20(12(10)5-9)11-7-21-8-11/h1-2,5-6,11H,3-4,7-8,15H2,(H,16,18,19). The zero-order valence-electron chi connectivity index (χ0n) is 11.9. The Morgan fingerprint density at radius 1 is 1.36 bits per heavy atom. The minimum absolute atomic E-state index is 0.305. The Bertz CT molecular complexity index is 792. The lowest BCUT2D eigenvalue weighted by atomic mass is 10.1. The van der Waals surface area contributed by atoms with Crippen molar-refractivity contribution in [1.29, 1.82) is 0 Å². The zero-order chi connectivity index (χ0) is 14.9. The van der Waals surface area contributed by atoms with Crippen LogP contribution in [0.3, 0.4) is 0 Å². The second-order valence-electron chi connectivity index (χ2n) is 5.19. The first kappa shape index (κ1) is 13.2. The maximum Gasteiger partial charge on any atom is 0.321 e. The third-order valence-electron chi connectivity index (χ3n) is 3.67. The van der Waals surface area contributed by atoms with Gasteiger partial charge < -0.3 is 20.3 Å². The second kappa shape index (κ2) is 5.39. The average molecular weight is 300 g/mol. The van der Waals surface area contributed by atoms with Gasteiger partial charge in [0, 0.05) is 24.0 Å². The van der Waals surface area contributed by atoms with Gasteiger partial charge in [-0.25, -0.2) is 0 Å². The van der Waals surface area contributed by atoms with E-state index in [9.17, 15) is 0 Å². The molecule has 2 aromatic heterocycles. The predicted octanol–water partition coefficient (Wildman–Crippen LogP) is 1.03. The molecule has 0 aliphatic carbocycles. The quantitative estimate of drug-likeness (QED) is 0.725. The third kappa shape index (κ3) is 2.22. The summed E-state index contributed by atoms with van der Waals surface area (Å²) in [6, 6.07) is 6.68. The molecule has 1 aliphatic heterocycles. The van der Waals surface area contributed by atoms with Crippen LogP contribution in [0.5, 0.6) is 0 Å². The zero-order valence-corrected chi connectivity index (χ0v) is 11.9. The lowest BCUT2D eigenvalue weighted by Gasteiger charge is -2.26. The molecular weight excluding hydrogens is 284 g/mol. The summed E-state index contributed by atoms with van der Waals surface area (Å²) in [4.78, 5) is 4.32. The van der Waals surface area contributed by atoms with E-state index in [4.69, 9.17) is 15.0 Å². The third-order valence-corrected chi connectivity index (χ3v) is 3.67. The number of nitrogens with one attached hydrogen (secondary N) is 1. The van der Waals surface area contributed by atoms with Crippen LogP contribution in [-0.4, -0.2) is 46.2 Å². The van der Waals surface area contributed by atoms with E-state index in [-0.39, 0.29) is 0 Å². The van der Waals surface area contributed by atoms with Crippen LogP contribution in [0.15, 0.2) is 28.9 Å². The Morgan fingerprint density at radius 2 is 2.27 bits per heavy atom. The van der Waals surface area contributed by atoms with Crippen LogP contribution in [0, 0.1) is 0 Å². The van der Waals surface area contributed by atoms with Gasteiger partial charge in [-0.05, 0) is 6.07 Å². The molecule has 0 radical (unpaired) electrons. The normalized spacial score (nSPS) is 15.1. The molecule has 1 saturated heterocycles. The first-order valence-corrected chi connectivity index (χ1v) is 7.18. The molecule has 8 heteroatoms. The fraction of sp³-hybridized carbons (Fsp3) is 0.357. The Kier molecular flexibility index (Phi) is 3.24. The van der Waals surface area contributed by atoms with E-state index < -0.39 is 0 Å². The molecule has 8 nitrogen and oxygen atoms in total. The molecule has 1 fully saturated rings. The lowest BCUT2D eigenvalue weighted by molar-refractivity contribution is -0.0266. The highest BCUT2D eigenvalue weighted by atomic mass is 16.5. The number of benzene rings is 1. The maximum atomic E-state index is 5.44. The summed E-state index contributed by atoms with van der Waals surface area (Å²) >= 11 is 0. The summed E-state index contributed by atoms with van der Waals surface area (Å²) in [5.41, 5.74) is 7.37. The molecule has 3 N–H and O–H groups in total. The Hall–Kier alpha value is -2.45. The molecule has 1 aliphatic rings. The smallest absolute Gasteiger partial charge is 0.321 e. The molecule has 0 spiro atoms. The van der Waals surface area contributed by atoms with Gasteiger partial charge in [0.05, 0.1) is 31.0 Å². The highest BCUT2D eigenvalue weighted by Crippen LogP contribution is 2.27. The van der Waals surface area contributed by atoms with Crippen LogP contribution in [0.25, 0.3) is 22.3 Å². The van der Waals surface area contributed by atoms with Crippen LogP contribution in [0.2, 0.25) is 0 Å². The van der Waals surface area contributed by atoms with E-state index in [0.29, 0.717) is 44.2 Å². The van der Waals surface area contributed by atoms with Crippen LogP contribution in [-0.2, 0) is 4.74 Å². The lowest BCUT2D eigenvalue weighted by Crippen LogP contribution is -2.31. The summed E-state index contributed by atoms with van der Waals surface area (Å²) in [5, 5.41) is 12.5. The monoisotopic (exact) mass is 300 g/mol. The van der Waals surface area contributed by atoms with Gasteiger partial charge in [-0.15, -0.1) is 0 Å². The maximum absolute atomic E-state index is 5.44. The van der Waals surface area contributed by atoms with E-state index in [1.165, 1.54) is 0 Å². The largest absolute Gasteiger partial charge is 0.377 e. The van der Waals surface area contributed by atoms with E-state index in [2.05, 4.69) is 20.6 Å². The van der Waals surface area contributed by atoms with Gasteiger partial charge in [0.1, 0.15) is 0 Å². The van der Waals surface area contributed by atoms with E-state index in [0.717, 1.165) is 16.5 Å². The van der Waals surface area contributed by atoms with E-state index in [1.54, 1.807) is 0 Å². The molecule has 114 valence electrons. The summed E-state index contributed by atoms with van der Waals surface area (Å²) in [5.74, 6) is 0.541. The van der Waals surface area contributed by atoms with Crippen molar-refractivity contribution in [1.82, 2.24) is 19.9 Å². The predicted molar refractivity (Wildman–Crippen MR) is 80.4 cm³/mol. The van der Waals surface area contributed by atoms with Crippen LogP contribution >= 0.6 is 0 Å². The van der Waals surface area contributed by atoms with Gasteiger partial charge in [-0.1, -0.05) is 17.3 Å². The topological polar surface area (TPSA) is 104 Å². The summed E-state index contributed by atoms with van der Waals surface area (Å²) in [7, 11) is 0. The molecular formula is C14H16N6O2. The fourth-order valence-corrected chi connectivity index (χ4v) is 2.42. The van der Waals surface area contributed by atoms with Gasteiger partial charge in [0.2, 0.25) is 5.82 Å². The number of aromatic nitrogens is 4. The SMILES string of the molecule is NCCNc1nc(-c2ccc3cnn(C4COC4)c3c2)no1. The van der Waals surface area contributed by atoms with Crippen molar-refractivity contribution in [2.75, 3.05) is 31.6 Å². The summed E-state index contributed by atoms with van der Waals surface area (Å²) in [6.07, 6.45) is 1.86. The highest BCUT2D eigenvalue weighted by Gasteiger charge is 2.23. The van der Waals surface area contributed by atoms with Crippen molar-refractivity contribution in [3.05, 3.63) is 24.4 Å². The van der Waals surface area contributed by atoms with Crippen molar-refractivity contribution in [2.45, 2.75) is 6.04 Å². The van der Waals surface area contributed by atoms with Gasteiger partial charge >= 0.3 is 6.01 Å². The highest BCUT2D eigenvalue weighted by molar-refractivity contribution is 5.83. The molecule has 3 heterocycles. The molecule has 0 bridgehead atoms. The van der Waals surface area contributed by atoms with Gasteiger partial charge in [0.25, 0.3) is 0 Å². The number of rotatable bonds is 5. The number of anilines is 1. The molecule has 3 aromatic rings. The average Bonchev–Trinajstić information content (AvgIpc) is 3.10. The van der Waals surface area contributed by atoms with Crippen molar-refractivity contribution in [3.8, 4) is 11.4 Å². The fourth-order valence-electron chi connectivity index (χ4n) is 2.42. The Morgan fingerprint density at radius 3 is 3.05 bits per heavy atom. The first-order chi connectivity index (χ1) is 10.8. The molecule has 4 rings (SSSR count). The number of fused-ring (bicyclic) bond motifs is 1.